The summed E-state index contributed by atoms with van der Waals surface area (Å²) < 4.78 is 2.49. The smallest absolute Gasteiger partial charge is 0.208 e. The molecule has 0 spiro atoms. The number of anilines is 2. The van der Waals surface area contributed by atoms with Gasteiger partial charge in [0.15, 0.2) is 0 Å². The molecule has 0 aliphatic heterocycles. The third-order valence-electron chi connectivity index (χ3n) is 6.45. The van der Waals surface area contributed by atoms with Gasteiger partial charge in [0.2, 0.25) is 11.4 Å². The Morgan fingerprint density at radius 2 is 1.17 bits per heavy atom. The maximum absolute atomic E-state index is 2.49. The summed E-state index contributed by atoms with van der Waals surface area (Å²) in [6.07, 6.45) is 14.0. The summed E-state index contributed by atoms with van der Waals surface area (Å²) in [5, 5.41) is 0. The number of aryl methyl sites for hydroxylation is 1. The lowest BCUT2D eigenvalue weighted by Gasteiger charge is -2.12. The highest BCUT2D eigenvalue weighted by Crippen LogP contribution is 2.17. The second-order valence-electron chi connectivity index (χ2n) is 9.68. The molecule has 0 amide bonds. The van der Waals surface area contributed by atoms with Gasteiger partial charge in [0.1, 0.15) is 6.54 Å². The molecule has 0 bridgehead atoms. The average Bonchev–Trinajstić information content (AvgIpc) is 2.86. The maximum Gasteiger partial charge on any atom is 0.208 e. The molecule has 3 heteroatoms. The number of hydrogen-bond donors (Lipinski definition) is 0. The number of pyridine rings is 1. The predicted octanol–water partition coefficient (Wildman–Crippen LogP) is 7.34. The summed E-state index contributed by atoms with van der Waals surface area (Å²) >= 11 is 0. The summed E-state index contributed by atoms with van der Waals surface area (Å²) in [6, 6.07) is 21.9. The minimum absolute atomic E-state index is 1.03. The van der Waals surface area contributed by atoms with E-state index in [-0.39, 0.29) is 0 Å². The van der Waals surface area contributed by atoms with Crippen molar-refractivity contribution in [3.8, 4) is 0 Å². The van der Waals surface area contributed by atoms with Crippen LogP contribution in [-0.2, 0) is 6.54 Å². The minimum atomic E-state index is 1.03. The first-order chi connectivity index (χ1) is 16.9. The third kappa shape index (κ3) is 7.58. The number of benzene rings is 2. The van der Waals surface area contributed by atoms with Crippen molar-refractivity contribution in [1.29, 1.82) is 0 Å². The minimum Gasteiger partial charge on any atom is -0.378 e. The molecule has 0 aliphatic carbocycles. The Morgan fingerprint density at radius 3 is 1.69 bits per heavy atom. The zero-order chi connectivity index (χ0) is 25.2. The zero-order valence-electron chi connectivity index (χ0n) is 22.5. The molecule has 0 atom stereocenters. The van der Waals surface area contributed by atoms with Gasteiger partial charge in [0.05, 0.1) is 0 Å². The van der Waals surface area contributed by atoms with Crippen molar-refractivity contribution in [2.24, 2.45) is 0 Å². The van der Waals surface area contributed by atoms with Gasteiger partial charge in [-0.15, -0.1) is 0 Å². The van der Waals surface area contributed by atoms with E-state index in [1.165, 1.54) is 65.1 Å². The molecule has 0 aliphatic rings. The summed E-state index contributed by atoms with van der Waals surface area (Å²) in [5.41, 5.74) is 8.69. The molecule has 0 radical (unpaired) electrons. The van der Waals surface area contributed by atoms with Crippen molar-refractivity contribution < 1.29 is 4.57 Å². The molecular weight excluding hydrogens is 426 g/mol. The normalized spacial score (nSPS) is 11.5. The van der Waals surface area contributed by atoms with Crippen LogP contribution in [-0.4, -0.2) is 28.2 Å². The van der Waals surface area contributed by atoms with E-state index in [1.807, 2.05) is 0 Å². The summed E-state index contributed by atoms with van der Waals surface area (Å²) in [5.74, 6) is 0. The molecule has 35 heavy (non-hydrogen) atoms. The van der Waals surface area contributed by atoms with Crippen molar-refractivity contribution in [3.63, 3.8) is 0 Å². The molecule has 1 heterocycles. The Labute approximate surface area is 213 Å². The fraction of sp³-hybridized carbons (Fsp3) is 0.344. The Morgan fingerprint density at radius 1 is 0.629 bits per heavy atom. The van der Waals surface area contributed by atoms with Crippen LogP contribution in [0, 0.1) is 6.92 Å². The van der Waals surface area contributed by atoms with E-state index in [0.717, 1.165) is 6.54 Å². The quantitative estimate of drug-likeness (QED) is 0.215. The van der Waals surface area contributed by atoms with Crippen molar-refractivity contribution in [2.75, 3.05) is 38.0 Å². The van der Waals surface area contributed by atoms with Crippen LogP contribution in [0.4, 0.5) is 11.4 Å². The van der Waals surface area contributed by atoms with E-state index in [1.54, 1.807) is 0 Å². The van der Waals surface area contributed by atoms with Crippen LogP contribution in [0.2, 0.25) is 0 Å². The van der Waals surface area contributed by atoms with Crippen LogP contribution in [0.3, 0.4) is 0 Å². The zero-order valence-corrected chi connectivity index (χ0v) is 22.5. The lowest BCUT2D eigenvalue weighted by molar-refractivity contribution is -0.700. The van der Waals surface area contributed by atoms with Crippen molar-refractivity contribution in [2.45, 2.75) is 46.1 Å². The Balaban J connectivity index is 1.91. The van der Waals surface area contributed by atoms with Gasteiger partial charge < -0.3 is 9.80 Å². The molecule has 3 rings (SSSR count). The van der Waals surface area contributed by atoms with Crippen LogP contribution < -0.4 is 14.4 Å². The topological polar surface area (TPSA) is 10.4 Å². The van der Waals surface area contributed by atoms with Gasteiger partial charge in [-0.3, -0.25) is 0 Å². The molecular formula is C32H42N3+. The number of rotatable bonds is 11. The van der Waals surface area contributed by atoms with E-state index >= 15 is 0 Å². The highest BCUT2D eigenvalue weighted by Gasteiger charge is 2.16. The molecule has 2 aromatic carbocycles. The van der Waals surface area contributed by atoms with Crippen molar-refractivity contribution in [3.05, 3.63) is 88.7 Å². The van der Waals surface area contributed by atoms with Gasteiger partial charge in [-0.2, -0.15) is 4.57 Å². The molecule has 0 saturated carbocycles. The number of unbranched alkanes of at least 4 members (excludes halogenated alkanes) is 3. The Hall–Kier alpha value is -3.33. The number of nitrogens with zero attached hydrogens (tertiary/aromatic N) is 3. The van der Waals surface area contributed by atoms with Crippen LogP contribution in [0.1, 0.15) is 60.7 Å². The Kier molecular flexibility index (Phi) is 9.72. The van der Waals surface area contributed by atoms with Crippen LogP contribution in [0.15, 0.2) is 60.7 Å². The second-order valence-corrected chi connectivity index (χ2v) is 9.68. The van der Waals surface area contributed by atoms with Crippen LogP contribution in [0.25, 0.3) is 24.3 Å². The lowest BCUT2D eigenvalue weighted by Crippen LogP contribution is -2.41. The highest BCUT2D eigenvalue weighted by atomic mass is 15.1. The SMILES string of the molecule is CCCCCC[n+]1c(C=Cc2ccc(N(C)C)cc2)ccc(C)c1C=Cc1ccc(N(C)C)cc1. The van der Waals surface area contributed by atoms with Crippen LogP contribution in [0.5, 0.6) is 0 Å². The molecule has 3 aromatic rings. The van der Waals surface area contributed by atoms with E-state index in [2.05, 4.69) is 141 Å². The molecule has 0 saturated heterocycles. The summed E-state index contributed by atoms with van der Waals surface area (Å²) in [4.78, 5) is 4.26. The predicted molar refractivity (Wildman–Crippen MR) is 155 cm³/mol. The van der Waals surface area contributed by atoms with E-state index in [0.29, 0.717) is 0 Å². The van der Waals surface area contributed by atoms with Gasteiger partial charge >= 0.3 is 0 Å². The second kappa shape index (κ2) is 12.9. The first kappa shape index (κ1) is 26.3. The summed E-state index contributed by atoms with van der Waals surface area (Å²) in [7, 11) is 8.30. The third-order valence-corrected chi connectivity index (χ3v) is 6.45. The number of hydrogen-bond acceptors (Lipinski definition) is 2. The Bertz CT molecular complexity index is 1120. The van der Waals surface area contributed by atoms with Crippen molar-refractivity contribution in [1.82, 2.24) is 0 Å². The molecule has 0 unspecified atom stereocenters. The average molecular weight is 469 g/mol. The molecule has 3 nitrogen and oxygen atoms in total. The highest BCUT2D eigenvalue weighted by molar-refractivity contribution is 5.71. The lowest BCUT2D eigenvalue weighted by atomic mass is 10.1. The van der Waals surface area contributed by atoms with E-state index in [4.69, 9.17) is 0 Å². The van der Waals surface area contributed by atoms with Gasteiger partial charge in [-0.1, -0.05) is 44.0 Å². The fourth-order valence-electron chi connectivity index (χ4n) is 4.17. The standard InChI is InChI=1S/C32H42N3/c1-7-8-9-10-25-35-31(23-16-27-12-19-29(20-13-27)33(3)4)18-11-26(2)32(35)24-17-28-14-21-30(22-15-28)34(5)6/h11-24H,7-10,25H2,1-6H3/q+1. The molecule has 0 fully saturated rings. The van der Waals surface area contributed by atoms with Gasteiger partial charge in [-0.25, -0.2) is 0 Å². The van der Waals surface area contributed by atoms with Crippen LogP contribution >= 0.6 is 0 Å². The molecule has 1 aromatic heterocycles. The maximum atomic E-state index is 2.49. The molecule has 0 N–H and O–H groups in total. The summed E-state index contributed by atoms with van der Waals surface area (Å²) in [6.45, 7) is 5.51. The first-order valence-electron chi connectivity index (χ1n) is 12.8. The largest absolute Gasteiger partial charge is 0.378 e. The first-order valence-corrected chi connectivity index (χ1v) is 12.8. The number of aromatic nitrogens is 1. The van der Waals surface area contributed by atoms with Crippen molar-refractivity contribution >= 4 is 35.7 Å². The van der Waals surface area contributed by atoms with E-state index in [9.17, 15) is 0 Å². The van der Waals surface area contributed by atoms with Gasteiger partial charge in [-0.05, 0) is 67.0 Å². The van der Waals surface area contributed by atoms with E-state index < -0.39 is 0 Å². The fourth-order valence-corrected chi connectivity index (χ4v) is 4.17. The van der Waals surface area contributed by atoms with Gasteiger partial charge in [0, 0.05) is 69.8 Å². The van der Waals surface area contributed by atoms with Gasteiger partial charge in [0.25, 0.3) is 0 Å². The monoisotopic (exact) mass is 468 g/mol. The molecule has 184 valence electrons.